The fourth-order valence-electron chi connectivity index (χ4n) is 6.73. The summed E-state index contributed by atoms with van der Waals surface area (Å²) in [6.07, 6.45) is 8.32. The lowest BCUT2D eigenvalue weighted by Gasteiger charge is -2.49. The quantitative estimate of drug-likeness (QED) is 0.0304. The van der Waals surface area contributed by atoms with E-state index >= 15 is 0 Å². The minimum Gasteiger partial charge on any atom is -0.463 e. The Labute approximate surface area is 354 Å². The molecule has 0 bridgehead atoms. The summed E-state index contributed by atoms with van der Waals surface area (Å²) in [6, 6.07) is 31.2. The van der Waals surface area contributed by atoms with E-state index in [0.717, 1.165) is 33.6 Å². The van der Waals surface area contributed by atoms with Crippen LogP contribution in [0.2, 0.25) is 0 Å². The van der Waals surface area contributed by atoms with Gasteiger partial charge in [0.05, 0.1) is 12.2 Å². The number of esters is 2. The van der Waals surface area contributed by atoms with E-state index in [4.69, 9.17) is 20.0 Å². The summed E-state index contributed by atoms with van der Waals surface area (Å²) in [5.74, 6) is -2.45. The Morgan fingerprint density at radius 3 is 2.13 bits per heavy atom. The number of hydrogen-bond acceptors (Lipinski definition) is 13. The normalized spacial score (nSPS) is 16.8. The molecule has 5 aromatic rings. The maximum Gasteiger partial charge on any atom is 0.355 e. The van der Waals surface area contributed by atoms with E-state index in [1.807, 2.05) is 97.1 Å². The van der Waals surface area contributed by atoms with Crippen molar-refractivity contribution in [2.45, 2.75) is 30.9 Å². The molecule has 3 N–H and O–H groups in total. The van der Waals surface area contributed by atoms with Crippen molar-refractivity contribution in [3.05, 3.63) is 178 Å². The van der Waals surface area contributed by atoms with Crippen LogP contribution in [-0.2, 0) is 39.1 Å². The smallest absolute Gasteiger partial charge is 0.355 e. The Morgan fingerprint density at radius 1 is 0.933 bits per heavy atom. The molecule has 1 saturated heterocycles. The molecule has 1 fully saturated rings. The van der Waals surface area contributed by atoms with Gasteiger partial charge in [0.15, 0.2) is 10.8 Å². The summed E-state index contributed by atoms with van der Waals surface area (Å²) in [4.78, 5) is 71.3. The first-order valence-corrected chi connectivity index (χ1v) is 20.9. The van der Waals surface area contributed by atoms with Crippen LogP contribution in [-0.4, -0.2) is 74.7 Å². The van der Waals surface area contributed by atoms with Crippen LogP contribution < -0.4 is 11.1 Å². The Kier molecular flexibility index (Phi) is 13.0. The third-order valence-electron chi connectivity index (χ3n) is 9.68. The van der Waals surface area contributed by atoms with E-state index in [2.05, 4.69) is 20.4 Å². The number of rotatable bonds is 15. The molecule has 15 heteroatoms. The van der Waals surface area contributed by atoms with Gasteiger partial charge in [-0.3, -0.25) is 19.5 Å². The highest BCUT2D eigenvalue weighted by Crippen LogP contribution is 2.43. The van der Waals surface area contributed by atoms with E-state index in [1.165, 1.54) is 22.7 Å². The molecular formula is C45H40N6O7S2. The zero-order valence-corrected chi connectivity index (χ0v) is 34.2. The molecule has 0 aliphatic carbocycles. The van der Waals surface area contributed by atoms with Crippen LogP contribution in [0.3, 0.4) is 0 Å². The topological polar surface area (TPSA) is 175 Å². The number of thioether (sulfide) groups is 1. The number of anilines is 1. The molecule has 0 saturated carbocycles. The number of fused-ring (bicyclic) bond motifs is 1. The van der Waals surface area contributed by atoms with Gasteiger partial charge in [0, 0.05) is 40.2 Å². The number of ether oxygens (including phenoxy) is 2. The highest BCUT2D eigenvalue weighted by molar-refractivity contribution is 8.00. The molecule has 0 spiro atoms. The van der Waals surface area contributed by atoms with Crippen LogP contribution in [0.5, 0.6) is 0 Å². The number of nitrogens with one attached hydrogen (secondary N) is 1. The molecule has 60 heavy (non-hydrogen) atoms. The van der Waals surface area contributed by atoms with E-state index in [1.54, 1.807) is 49.8 Å². The average molecular weight is 841 g/mol. The zero-order chi connectivity index (χ0) is 42.1. The predicted octanol–water partition coefficient (Wildman–Crippen LogP) is 6.25. The van der Waals surface area contributed by atoms with Gasteiger partial charge in [0.25, 0.3) is 11.8 Å². The number of allylic oxidation sites excluding steroid dienone is 2. The summed E-state index contributed by atoms with van der Waals surface area (Å²) < 4.78 is 10.7. The highest BCUT2D eigenvalue weighted by Gasteiger charge is 2.54. The molecule has 4 heterocycles. The molecule has 3 aromatic carbocycles. The largest absolute Gasteiger partial charge is 0.463 e. The number of carbonyl (C=O) groups excluding carboxylic acids is 4. The second-order valence-corrected chi connectivity index (χ2v) is 15.3. The van der Waals surface area contributed by atoms with Crippen LogP contribution in [0.1, 0.15) is 41.8 Å². The summed E-state index contributed by atoms with van der Waals surface area (Å²) in [6.45, 7) is 3.09. The molecule has 0 radical (unpaired) electrons. The van der Waals surface area contributed by atoms with Crippen molar-refractivity contribution in [2.24, 2.45) is 5.16 Å². The van der Waals surface area contributed by atoms with Crippen molar-refractivity contribution in [1.29, 1.82) is 0 Å². The van der Waals surface area contributed by atoms with Crippen LogP contribution in [0, 0.1) is 0 Å². The van der Waals surface area contributed by atoms with Crippen LogP contribution in [0.4, 0.5) is 5.13 Å². The monoisotopic (exact) mass is 840 g/mol. The lowest BCUT2D eigenvalue weighted by molar-refractivity contribution is -0.152. The molecule has 7 rings (SSSR count). The van der Waals surface area contributed by atoms with Crippen molar-refractivity contribution in [3.8, 4) is 0 Å². The number of amides is 2. The molecular weight excluding hydrogens is 801 g/mol. The highest BCUT2D eigenvalue weighted by atomic mass is 32.2. The number of aromatic nitrogens is 2. The third-order valence-corrected chi connectivity index (χ3v) is 11.7. The Morgan fingerprint density at radius 2 is 1.58 bits per heavy atom. The number of benzene rings is 3. The van der Waals surface area contributed by atoms with Gasteiger partial charge >= 0.3 is 11.9 Å². The maximum absolute atomic E-state index is 14.4. The number of carbonyl (C=O) groups is 4. The fraction of sp³-hybridized carbons (Fsp3) is 0.178. The van der Waals surface area contributed by atoms with Gasteiger partial charge in [-0.2, -0.15) is 0 Å². The van der Waals surface area contributed by atoms with Crippen molar-refractivity contribution in [1.82, 2.24) is 20.2 Å². The van der Waals surface area contributed by atoms with Gasteiger partial charge in [-0.15, -0.1) is 23.1 Å². The fourth-order valence-corrected chi connectivity index (χ4v) is 8.59. The number of hydrogen-bond donors (Lipinski definition) is 2. The number of nitrogen functional groups attached to an aromatic ring is 1. The predicted molar refractivity (Wildman–Crippen MR) is 230 cm³/mol. The molecule has 2 amide bonds. The molecule has 2 aliphatic heterocycles. The van der Waals surface area contributed by atoms with Crippen molar-refractivity contribution in [2.75, 3.05) is 24.7 Å². The molecule has 0 unspecified atom stereocenters. The summed E-state index contributed by atoms with van der Waals surface area (Å²) in [5, 5.41) is 8.49. The summed E-state index contributed by atoms with van der Waals surface area (Å²) in [7, 11) is 0. The summed E-state index contributed by atoms with van der Waals surface area (Å²) >= 11 is 2.48. The van der Waals surface area contributed by atoms with Gasteiger partial charge in [0.1, 0.15) is 29.4 Å². The standard InChI is InChI=1S/C45H40N6O7S2/c1-3-30(42(54)56-4-2)26-57-43(55)38-31(23-22-29-15-14-24-47-25-29)27-59-41-37(40(53)51(38)41)49-39(52)36(35-28-60-44(46)48-35)50-58-45(32-16-8-5-9-17-32,33-18-10-6-11-19-33)34-20-12-7-13-21-34/h3,5-25,28,37,41H,4,26-27H2,1-2H3,(H2,46,48)(H,49,52)/b23-22-,30-3+,50-36?/t37-,41-/m1/s1. The van der Waals surface area contributed by atoms with E-state index in [-0.39, 0.29) is 46.8 Å². The summed E-state index contributed by atoms with van der Waals surface area (Å²) in [5.41, 5.74) is 8.32. The number of nitrogens with two attached hydrogens (primary N) is 1. The van der Waals surface area contributed by atoms with Gasteiger partial charge in [-0.1, -0.05) is 120 Å². The minimum absolute atomic E-state index is 0.00318. The van der Waals surface area contributed by atoms with Gasteiger partial charge in [-0.05, 0) is 31.1 Å². The lowest BCUT2D eigenvalue weighted by Crippen LogP contribution is -2.71. The SMILES string of the molecule is C/C=C(\COC(=O)C1=C(/C=C\c2cccnc2)CS[C@@H]2[C@H](NC(=O)C(=NOC(c3ccccc3)(c3ccccc3)c3ccccc3)c3csc(N)n3)C(=O)N12)C(=O)OCC. The number of β-lactam (4-membered cyclic amide) rings is 1. The number of nitrogens with zero attached hydrogens (tertiary/aromatic N) is 4. The van der Waals surface area contributed by atoms with E-state index in [9.17, 15) is 19.2 Å². The second-order valence-electron chi connectivity index (χ2n) is 13.3. The lowest BCUT2D eigenvalue weighted by atomic mass is 9.80. The van der Waals surface area contributed by atoms with Crippen molar-refractivity contribution >= 4 is 63.8 Å². The first-order chi connectivity index (χ1) is 29.2. The zero-order valence-electron chi connectivity index (χ0n) is 32.6. The molecule has 2 aromatic heterocycles. The Balaban J connectivity index is 1.21. The Hall–Kier alpha value is -6.84. The first-order valence-electron chi connectivity index (χ1n) is 19.0. The van der Waals surface area contributed by atoms with Crippen molar-refractivity contribution < 1.29 is 33.5 Å². The maximum atomic E-state index is 14.4. The minimum atomic E-state index is -1.32. The van der Waals surface area contributed by atoms with Gasteiger partial charge in [0.2, 0.25) is 5.60 Å². The van der Waals surface area contributed by atoms with E-state index in [0.29, 0.717) is 5.57 Å². The number of oxime groups is 1. The average Bonchev–Trinajstić information content (AvgIpc) is 3.72. The van der Waals surface area contributed by atoms with Crippen LogP contribution in [0.15, 0.2) is 155 Å². The van der Waals surface area contributed by atoms with Gasteiger partial charge < -0.3 is 25.4 Å². The Bertz CT molecular complexity index is 2380. The van der Waals surface area contributed by atoms with Gasteiger partial charge in [-0.25, -0.2) is 14.6 Å². The molecule has 2 aliphatic rings. The molecule has 304 valence electrons. The second kappa shape index (κ2) is 18.8. The van der Waals surface area contributed by atoms with E-state index < -0.39 is 40.8 Å². The first kappa shape index (κ1) is 41.3. The molecule has 13 nitrogen and oxygen atoms in total. The molecule has 2 atom stereocenters. The van der Waals surface area contributed by atoms with Crippen LogP contribution >= 0.6 is 23.1 Å². The van der Waals surface area contributed by atoms with Crippen molar-refractivity contribution in [3.63, 3.8) is 0 Å². The number of pyridine rings is 1. The third kappa shape index (κ3) is 8.63. The number of thiazole rings is 1. The van der Waals surface area contributed by atoms with Crippen LogP contribution in [0.25, 0.3) is 6.08 Å².